The van der Waals surface area contributed by atoms with Crippen LogP contribution in [0.3, 0.4) is 0 Å². The Labute approximate surface area is 151 Å². The summed E-state index contributed by atoms with van der Waals surface area (Å²) in [5.41, 5.74) is 1.87. The van der Waals surface area contributed by atoms with Gasteiger partial charge in [0.1, 0.15) is 11.6 Å². The van der Waals surface area contributed by atoms with Gasteiger partial charge >= 0.3 is 0 Å². The summed E-state index contributed by atoms with van der Waals surface area (Å²) in [6.07, 6.45) is 5.58. The minimum Gasteiger partial charge on any atom is -0.367 e. The van der Waals surface area contributed by atoms with Crippen molar-refractivity contribution in [3.63, 3.8) is 0 Å². The smallest absolute Gasteiger partial charge is 0.153 e. The van der Waals surface area contributed by atoms with Crippen LogP contribution in [0.1, 0.15) is 31.4 Å². The standard InChI is InChI=1S/C19H21N7/c1-12-9-18(26-25-12)23-17-11-16-15(3-2-8-21-16)19(24-17)22-14-5-4-13(10-14)6-7-20/h2-3,8-9,11,13-14H,4-6,10H2,1H3,(H3,22,23,24,25,26)/t13-,14-/m1/s1. The highest BCUT2D eigenvalue weighted by atomic mass is 15.2. The number of nitriles is 1. The van der Waals surface area contributed by atoms with Crippen LogP contribution < -0.4 is 10.6 Å². The monoisotopic (exact) mass is 347 g/mol. The fraction of sp³-hybridized carbons (Fsp3) is 0.368. The first kappa shape index (κ1) is 16.3. The van der Waals surface area contributed by atoms with Gasteiger partial charge in [-0.2, -0.15) is 10.4 Å². The van der Waals surface area contributed by atoms with Crippen molar-refractivity contribution in [2.75, 3.05) is 10.6 Å². The zero-order valence-electron chi connectivity index (χ0n) is 14.7. The summed E-state index contributed by atoms with van der Waals surface area (Å²) in [4.78, 5) is 9.24. The lowest BCUT2D eigenvalue weighted by Gasteiger charge is -2.16. The van der Waals surface area contributed by atoms with Gasteiger partial charge in [-0.05, 0) is 44.2 Å². The SMILES string of the molecule is Cc1cc(Nc2cc3ncccc3c(N[C@@H]3CC[C@H](CC#N)C3)n2)n[nH]1. The lowest BCUT2D eigenvalue weighted by molar-refractivity contribution is 0.556. The number of nitrogens with zero attached hydrogens (tertiary/aromatic N) is 4. The van der Waals surface area contributed by atoms with Gasteiger partial charge in [-0.3, -0.25) is 10.1 Å². The molecule has 3 heterocycles. The number of aryl methyl sites for hydroxylation is 1. The summed E-state index contributed by atoms with van der Waals surface area (Å²) in [6, 6.07) is 10.4. The van der Waals surface area contributed by atoms with E-state index in [4.69, 9.17) is 10.2 Å². The van der Waals surface area contributed by atoms with Crippen molar-refractivity contribution in [1.29, 1.82) is 5.26 Å². The summed E-state index contributed by atoms with van der Waals surface area (Å²) >= 11 is 0. The summed E-state index contributed by atoms with van der Waals surface area (Å²) in [5, 5.41) is 23.8. The van der Waals surface area contributed by atoms with Gasteiger partial charge in [0, 0.05) is 41.9 Å². The van der Waals surface area contributed by atoms with Crippen molar-refractivity contribution in [3.8, 4) is 6.07 Å². The maximum absolute atomic E-state index is 8.91. The van der Waals surface area contributed by atoms with Crippen LogP contribution in [-0.4, -0.2) is 26.2 Å². The largest absolute Gasteiger partial charge is 0.367 e. The Kier molecular flexibility index (Phi) is 4.40. The average molecular weight is 347 g/mol. The van der Waals surface area contributed by atoms with Crippen LogP contribution >= 0.6 is 0 Å². The predicted molar refractivity (Wildman–Crippen MR) is 101 cm³/mol. The van der Waals surface area contributed by atoms with E-state index < -0.39 is 0 Å². The van der Waals surface area contributed by atoms with Gasteiger partial charge in [0.25, 0.3) is 0 Å². The molecule has 7 nitrogen and oxygen atoms in total. The molecule has 1 saturated carbocycles. The Hall–Kier alpha value is -3.14. The zero-order chi connectivity index (χ0) is 17.9. The molecule has 3 aromatic heterocycles. The highest BCUT2D eigenvalue weighted by Crippen LogP contribution is 2.32. The van der Waals surface area contributed by atoms with Crippen LogP contribution in [0, 0.1) is 24.2 Å². The summed E-state index contributed by atoms with van der Waals surface area (Å²) < 4.78 is 0. The van der Waals surface area contributed by atoms with E-state index in [-0.39, 0.29) is 0 Å². The molecule has 3 aromatic rings. The van der Waals surface area contributed by atoms with E-state index in [1.807, 2.05) is 31.2 Å². The molecule has 0 unspecified atom stereocenters. The number of pyridine rings is 2. The van der Waals surface area contributed by atoms with Crippen LogP contribution in [0.5, 0.6) is 0 Å². The molecule has 2 atom stereocenters. The molecule has 0 spiro atoms. The molecule has 7 heteroatoms. The molecule has 0 amide bonds. The number of rotatable bonds is 5. The van der Waals surface area contributed by atoms with Crippen molar-refractivity contribution in [1.82, 2.24) is 20.2 Å². The molecule has 3 N–H and O–H groups in total. The van der Waals surface area contributed by atoms with Crippen LogP contribution in [0.15, 0.2) is 30.5 Å². The van der Waals surface area contributed by atoms with Gasteiger partial charge in [-0.1, -0.05) is 0 Å². The van der Waals surface area contributed by atoms with E-state index >= 15 is 0 Å². The highest BCUT2D eigenvalue weighted by molar-refractivity contribution is 5.91. The number of aromatic amines is 1. The molecule has 4 rings (SSSR count). The Bertz CT molecular complexity index is 956. The number of fused-ring (bicyclic) bond motifs is 1. The fourth-order valence-corrected chi connectivity index (χ4v) is 3.58. The topological polar surface area (TPSA) is 102 Å². The normalized spacial score (nSPS) is 19.4. The number of H-pyrrole nitrogens is 1. The van der Waals surface area contributed by atoms with Crippen molar-refractivity contribution < 1.29 is 0 Å². The first-order chi connectivity index (χ1) is 12.7. The predicted octanol–water partition coefficient (Wildman–Crippen LogP) is 3.90. The van der Waals surface area contributed by atoms with Crippen molar-refractivity contribution in [2.24, 2.45) is 5.92 Å². The number of nitrogens with one attached hydrogen (secondary N) is 3. The fourth-order valence-electron chi connectivity index (χ4n) is 3.58. The van der Waals surface area contributed by atoms with E-state index in [9.17, 15) is 0 Å². The second kappa shape index (κ2) is 7.00. The third kappa shape index (κ3) is 3.45. The molecule has 132 valence electrons. The lowest BCUT2D eigenvalue weighted by atomic mass is 10.1. The minimum atomic E-state index is 0.340. The van der Waals surface area contributed by atoms with Gasteiger partial charge in [-0.15, -0.1) is 0 Å². The van der Waals surface area contributed by atoms with E-state index in [1.165, 1.54) is 0 Å². The zero-order valence-corrected chi connectivity index (χ0v) is 14.7. The van der Waals surface area contributed by atoms with Crippen LogP contribution in [0.4, 0.5) is 17.5 Å². The quantitative estimate of drug-likeness (QED) is 0.647. The second-order valence-electron chi connectivity index (χ2n) is 6.87. The van der Waals surface area contributed by atoms with Gasteiger partial charge in [0.15, 0.2) is 5.82 Å². The summed E-state index contributed by atoms with van der Waals surface area (Å²) in [6.45, 7) is 1.96. The van der Waals surface area contributed by atoms with Gasteiger partial charge in [0.2, 0.25) is 0 Å². The maximum atomic E-state index is 8.91. The number of aromatic nitrogens is 4. The van der Waals surface area contributed by atoms with E-state index in [1.54, 1.807) is 6.20 Å². The van der Waals surface area contributed by atoms with Crippen molar-refractivity contribution >= 4 is 28.4 Å². The summed E-state index contributed by atoms with van der Waals surface area (Å²) in [5.74, 6) is 2.74. The molecule has 1 fully saturated rings. The maximum Gasteiger partial charge on any atom is 0.153 e. The molecular formula is C19H21N7. The van der Waals surface area contributed by atoms with Crippen LogP contribution in [-0.2, 0) is 0 Å². The highest BCUT2D eigenvalue weighted by Gasteiger charge is 2.25. The second-order valence-corrected chi connectivity index (χ2v) is 6.87. The Balaban J connectivity index is 1.61. The molecule has 26 heavy (non-hydrogen) atoms. The van der Waals surface area contributed by atoms with E-state index in [0.29, 0.717) is 24.2 Å². The van der Waals surface area contributed by atoms with Crippen molar-refractivity contribution in [3.05, 3.63) is 36.2 Å². The van der Waals surface area contributed by atoms with Crippen LogP contribution in [0.25, 0.3) is 10.9 Å². The van der Waals surface area contributed by atoms with Gasteiger partial charge in [-0.25, -0.2) is 4.98 Å². The third-order valence-electron chi connectivity index (χ3n) is 4.82. The Morgan fingerprint density at radius 1 is 1.31 bits per heavy atom. The van der Waals surface area contributed by atoms with Gasteiger partial charge < -0.3 is 10.6 Å². The molecule has 0 aliphatic heterocycles. The third-order valence-corrected chi connectivity index (χ3v) is 4.82. The Morgan fingerprint density at radius 2 is 2.23 bits per heavy atom. The lowest BCUT2D eigenvalue weighted by Crippen LogP contribution is -2.17. The number of anilines is 3. The molecule has 1 aliphatic rings. The van der Waals surface area contributed by atoms with Crippen molar-refractivity contribution in [2.45, 2.75) is 38.6 Å². The summed E-state index contributed by atoms with van der Waals surface area (Å²) in [7, 11) is 0. The molecule has 0 radical (unpaired) electrons. The number of hydrogen-bond donors (Lipinski definition) is 3. The molecule has 0 aromatic carbocycles. The van der Waals surface area contributed by atoms with Gasteiger partial charge in [0.05, 0.1) is 11.6 Å². The molecule has 0 bridgehead atoms. The molecular weight excluding hydrogens is 326 g/mol. The van der Waals surface area contributed by atoms with Crippen LogP contribution in [0.2, 0.25) is 0 Å². The molecule has 0 saturated heterocycles. The minimum absolute atomic E-state index is 0.340. The first-order valence-electron chi connectivity index (χ1n) is 8.89. The first-order valence-corrected chi connectivity index (χ1v) is 8.89. The molecule has 1 aliphatic carbocycles. The van der Waals surface area contributed by atoms with E-state index in [2.05, 4.69) is 31.9 Å². The van der Waals surface area contributed by atoms with E-state index in [0.717, 1.165) is 47.5 Å². The Morgan fingerprint density at radius 3 is 3.04 bits per heavy atom. The average Bonchev–Trinajstić information content (AvgIpc) is 3.24. The number of hydrogen-bond acceptors (Lipinski definition) is 6.